The second-order valence-electron chi connectivity index (χ2n) is 5.81. The molecule has 0 aromatic carbocycles. The lowest BCUT2D eigenvalue weighted by molar-refractivity contribution is 0.0588. The van der Waals surface area contributed by atoms with Gasteiger partial charge in [-0.15, -0.1) is 0 Å². The van der Waals surface area contributed by atoms with E-state index in [-0.39, 0.29) is 11.8 Å². The molecule has 0 radical (unpaired) electrons. The van der Waals surface area contributed by atoms with E-state index in [2.05, 4.69) is 10.3 Å². The normalized spacial score (nSPS) is 12.0. The van der Waals surface area contributed by atoms with Crippen molar-refractivity contribution >= 4 is 11.8 Å². The molecule has 0 amide bonds. The molecule has 6 nitrogen and oxygen atoms in total. The predicted molar refractivity (Wildman–Crippen MR) is 91.1 cm³/mol. The monoisotopic (exact) mass is 329 g/mol. The van der Waals surface area contributed by atoms with E-state index in [1.54, 1.807) is 30.9 Å². The molecule has 0 saturated heterocycles. The van der Waals surface area contributed by atoms with E-state index >= 15 is 0 Å². The summed E-state index contributed by atoms with van der Waals surface area (Å²) in [5.41, 5.74) is 3.47. The van der Waals surface area contributed by atoms with Crippen molar-refractivity contribution in [2.75, 3.05) is 7.11 Å². The number of nitrogens with zero attached hydrogens (tertiary/aromatic N) is 2. The maximum Gasteiger partial charge on any atom is 0.354 e. The molecule has 1 atom stereocenters. The first-order chi connectivity index (χ1) is 11.4. The lowest BCUT2D eigenvalue weighted by atomic mass is 10.0. The van der Waals surface area contributed by atoms with Crippen LogP contribution in [0.4, 0.5) is 0 Å². The number of carbonyl (C=O) groups excluding carboxylic acids is 2. The number of carbonyl (C=O) groups is 2. The van der Waals surface area contributed by atoms with Crippen LogP contribution < -0.4 is 5.32 Å². The molecule has 24 heavy (non-hydrogen) atoms. The molecule has 2 aromatic rings. The highest BCUT2D eigenvalue weighted by Crippen LogP contribution is 2.23. The van der Waals surface area contributed by atoms with Crippen molar-refractivity contribution in [3.05, 3.63) is 52.6 Å². The molecule has 2 aromatic heterocycles. The Hall–Kier alpha value is -2.47. The van der Waals surface area contributed by atoms with Crippen molar-refractivity contribution < 1.29 is 14.3 Å². The summed E-state index contributed by atoms with van der Waals surface area (Å²) in [4.78, 5) is 28.8. The van der Waals surface area contributed by atoms with Crippen LogP contribution in [-0.4, -0.2) is 34.5 Å². The SMILES string of the molecule is COC(=O)c1c(C)c(C(=O)C(C)NCc2ccncc2)c(C)n1C. The molecule has 2 rings (SSSR count). The minimum Gasteiger partial charge on any atom is -0.464 e. The number of ketones is 1. The average Bonchev–Trinajstić information content (AvgIpc) is 2.81. The lowest BCUT2D eigenvalue weighted by Gasteiger charge is -2.13. The third-order valence-corrected chi connectivity index (χ3v) is 4.31. The van der Waals surface area contributed by atoms with Crippen LogP contribution in [0.1, 0.15) is 44.6 Å². The van der Waals surface area contributed by atoms with Crippen LogP contribution in [0.25, 0.3) is 0 Å². The highest BCUT2D eigenvalue weighted by molar-refractivity contribution is 6.05. The Bertz CT molecular complexity index is 751. The quantitative estimate of drug-likeness (QED) is 0.649. The fraction of sp³-hybridized carbons (Fsp3) is 0.389. The van der Waals surface area contributed by atoms with Crippen LogP contribution in [0.3, 0.4) is 0 Å². The minimum absolute atomic E-state index is 0.0372. The topological polar surface area (TPSA) is 73.2 Å². The number of ether oxygens (including phenoxy) is 1. The van der Waals surface area contributed by atoms with E-state index in [4.69, 9.17) is 4.74 Å². The third-order valence-electron chi connectivity index (χ3n) is 4.31. The first kappa shape index (κ1) is 17.9. The van der Waals surface area contributed by atoms with Crippen molar-refractivity contribution in [1.82, 2.24) is 14.9 Å². The fourth-order valence-electron chi connectivity index (χ4n) is 2.81. The largest absolute Gasteiger partial charge is 0.464 e. The molecule has 0 fully saturated rings. The van der Waals surface area contributed by atoms with Gasteiger partial charge in [-0.3, -0.25) is 9.78 Å². The van der Waals surface area contributed by atoms with Gasteiger partial charge in [0.1, 0.15) is 5.69 Å². The number of esters is 1. The molecule has 0 saturated carbocycles. The van der Waals surface area contributed by atoms with Gasteiger partial charge in [-0.25, -0.2) is 4.79 Å². The molecule has 1 unspecified atom stereocenters. The van der Waals surface area contributed by atoms with Crippen molar-refractivity contribution in [3.63, 3.8) is 0 Å². The van der Waals surface area contributed by atoms with Gasteiger partial charge in [0.25, 0.3) is 0 Å². The van der Waals surface area contributed by atoms with Gasteiger partial charge in [0, 0.05) is 37.2 Å². The summed E-state index contributed by atoms with van der Waals surface area (Å²) < 4.78 is 6.53. The molecule has 128 valence electrons. The van der Waals surface area contributed by atoms with Gasteiger partial charge < -0.3 is 14.6 Å². The van der Waals surface area contributed by atoms with Crippen LogP contribution in [0, 0.1) is 13.8 Å². The van der Waals surface area contributed by atoms with Gasteiger partial charge in [-0.2, -0.15) is 0 Å². The highest BCUT2D eigenvalue weighted by atomic mass is 16.5. The van der Waals surface area contributed by atoms with E-state index < -0.39 is 5.97 Å². The van der Waals surface area contributed by atoms with Gasteiger partial charge in [0.05, 0.1) is 13.2 Å². The Kier molecular flexibility index (Phi) is 5.51. The summed E-state index contributed by atoms with van der Waals surface area (Å²) in [5.74, 6) is -0.473. The highest BCUT2D eigenvalue weighted by Gasteiger charge is 2.27. The summed E-state index contributed by atoms with van der Waals surface area (Å²) in [7, 11) is 3.10. The molecule has 1 N–H and O–H groups in total. The molecule has 0 aliphatic carbocycles. The Morgan fingerprint density at radius 3 is 2.50 bits per heavy atom. The Morgan fingerprint density at radius 2 is 1.92 bits per heavy atom. The van der Waals surface area contributed by atoms with Crippen molar-refractivity contribution in [3.8, 4) is 0 Å². The summed E-state index contributed by atoms with van der Waals surface area (Å²) in [6.07, 6.45) is 3.44. The fourth-order valence-corrected chi connectivity index (χ4v) is 2.81. The van der Waals surface area contributed by atoms with Gasteiger partial charge in [0.15, 0.2) is 5.78 Å². The molecule has 0 aliphatic rings. The van der Waals surface area contributed by atoms with Crippen LogP contribution in [0.2, 0.25) is 0 Å². The zero-order valence-electron chi connectivity index (χ0n) is 14.7. The lowest BCUT2D eigenvalue weighted by Crippen LogP contribution is -2.34. The zero-order valence-corrected chi connectivity index (χ0v) is 14.7. The number of aromatic nitrogens is 2. The molecule has 0 aliphatic heterocycles. The summed E-state index contributed by atoms with van der Waals surface area (Å²) in [5, 5.41) is 3.22. The first-order valence-corrected chi connectivity index (χ1v) is 7.79. The maximum atomic E-state index is 12.8. The summed E-state index contributed by atoms with van der Waals surface area (Å²) in [6, 6.07) is 3.43. The standard InChI is InChI=1S/C18H23N3O3/c1-11-15(13(3)21(4)16(11)18(23)24-5)17(22)12(2)20-10-14-6-8-19-9-7-14/h6-9,12,20H,10H2,1-5H3. The Labute approximate surface area is 141 Å². The smallest absolute Gasteiger partial charge is 0.354 e. The van der Waals surface area contributed by atoms with Crippen LogP contribution in [0.5, 0.6) is 0 Å². The van der Waals surface area contributed by atoms with Crippen molar-refractivity contribution in [1.29, 1.82) is 0 Å². The van der Waals surface area contributed by atoms with Crippen LogP contribution in [0.15, 0.2) is 24.5 Å². The average molecular weight is 329 g/mol. The summed E-state index contributed by atoms with van der Waals surface area (Å²) in [6.45, 7) is 6.02. The maximum absolute atomic E-state index is 12.8. The molecule has 6 heteroatoms. The number of hydrogen-bond donors (Lipinski definition) is 1. The molecular formula is C18H23N3O3. The number of pyridine rings is 1. The second-order valence-corrected chi connectivity index (χ2v) is 5.81. The van der Waals surface area contributed by atoms with Gasteiger partial charge in [-0.1, -0.05) is 0 Å². The summed E-state index contributed by atoms with van der Waals surface area (Å²) >= 11 is 0. The van der Waals surface area contributed by atoms with Crippen LogP contribution in [-0.2, 0) is 18.3 Å². The number of hydrogen-bond acceptors (Lipinski definition) is 5. The predicted octanol–water partition coefficient (Wildman–Crippen LogP) is 2.18. The second kappa shape index (κ2) is 7.40. The Morgan fingerprint density at radius 1 is 1.29 bits per heavy atom. The molecule has 2 heterocycles. The third kappa shape index (κ3) is 3.38. The van der Waals surface area contributed by atoms with Crippen molar-refractivity contribution in [2.45, 2.75) is 33.4 Å². The number of Topliss-reactive ketones (excluding diaryl/α,β-unsaturated/α-hetero) is 1. The van der Waals surface area contributed by atoms with Gasteiger partial charge in [0.2, 0.25) is 0 Å². The molecular weight excluding hydrogens is 306 g/mol. The number of nitrogens with one attached hydrogen (secondary N) is 1. The number of rotatable bonds is 6. The van der Waals surface area contributed by atoms with E-state index in [0.29, 0.717) is 23.4 Å². The van der Waals surface area contributed by atoms with E-state index in [1.165, 1.54) is 7.11 Å². The van der Waals surface area contributed by atoms with Gasteiger partial charge >= 0.3 is 5.97 Å². The van der Waals surface area contributed by atoms with Gasteiger partial charge in [-0.05, 0) is 44.0 Å². The van der Waals surface area contributed by atoms with E-state index in [9.17, 15) is 9.59 Å². The first-order valence-electron chi connectivity index (χ1n) is 7.79. The van der Waals surface area contributed by atoms with E-state index in [1.807, 2.05) is 26.0 Å². The van der Waals surface area contributed by atoms with Crippen LogP contribution >= 0.6 is 0 Å². The molecule has 0 bridgehead atoms. The molecule has 0 spiro atoms. The van der Waals surface area contributed by atoms with E-state index in [0.717, 1.165) is 11.3 Å². The Balaban J connectivity index is 2.21. The zero-order chi connectivity index (χ0) is 17.9. The number of methoxy groups -OCH3 is 1. The van der Waals surface area contributed by atoms with Crippen molar-refractivity contribution in [2.24, 2.45) is 7.05 Å². The minimum atomic E-state index is -0.436.